The molecule has 0 amide bonds. The molecule has 0 aromatic heterocycles. The number of ether oxygens (including phenoxy) is 2. The van der Waals surface area contributed by atoms with Gasteiger partial charge in [0.2, 0.25) is 23.2 Å². The Morgan fingerprint density at radius 3 is 1.19 bits per heavy atom. The molecule has 0 N–H and O–H groups in total. The summed E-state index contributed by atoms with van der Waals surface area (Å²) in [4.78, 5) is 0. The average molecular weight is 248 g/mol. The minimum atomic E-state index is -5.30. The number of halogens is 6. The lowest BCUT2D eigenvalue weighted by atomic mass is 10.0. The summed E-state index contributed by atoms with van der Waals surface area (Å²) in [6, 6.07) is 0. The molecule has 0 fully saturated rings. The van der Waals surface area contributed by atoms with E-state index in [0.717, 1.165) is 14.2 Å². The molecule has 0 unspecified atom stereocenters. The third-order valence-corrected chi connectivity index (χ3v) is 1.96. The van der Waals surface area contributed by atoms with Gasteiger partial charge in [0.25, 0.3) is 0 Å². The van der Waals surface area contributed by atoms with Gasteiger partial charge in [-0.1, -0.05) is 0 Å². The first-order valence-electron chi connectivity index (χ1n) is 3.86. The molecule has 0 heterocycles. The number of allylic oxidation sites excluding steroid dienone is 2. The van der Waals surface area contributed by atoms with Crippen molar-refractivity contribution in [2.24, 2.45) is 0 Å². The lowest BCUT2D eigenvalue weighted by molar-refractivity contribution is -0.189. The smallest absolute Gasteiger partial charge is 0.371 e. The zero-order valence-electron chi connectivity index (χ0n) is 8.08. The molecule has 1 rings (SSSR count). The van der Waals surface area contributed by atoms with E-state index in [4.69, 9.17) is 0 Å². The molecule has 0 aromatic rings. The number of rotatable bonds is 2. The summed E-state index contributed by atoms with van der Waals surface area (Å²) < 4.78 is 85.2. The maximum atomic E-state index is 13.0. The molecule has 0 bridgehead atoms. The third-order valence-electron chi connectivity index (χ3n) is 1.96. The van der Waals surface area contributed by atoms with E-state index >= 15 is 0 Å². The van der Waals surface area contributed by atoms with Crippen molar-refractivity contribution < 1.29 is 35.8 Å². The molecule has 1 aliphatic carbocycles. The van der Waals surface area contributed by atoms with E-state index in [0.29, 0.717) is 0 Å². The Balaban J connectivity index is 3.52. The molecule has 0 aromatic carbocycles. The summed E-state index contributed by atoms with van der Waals surface area (Å²) in [7, 11) is 1.45. The molecular weight excluding hydrogens is 242 g/mol. The fraction of sp³-hybridized carbons (Fsp3) is 0.500. The van der Waals surface area contributed by atoms with E-state index in [1.54, 1.807) is 0 Å². The summed E-state index contributed by atoms with van der Waals surface area (Å²) in [5, 5.41) is 0. The fourth-order valence-corrected chi connectivity index (χ4v) is 1.12. The highest BCUT2D eigenvalue weighted by atomic mass is 19.3. The highest BCUT2D eigenvalue weighted by Crippen LogP contribution is 2.52. The Morgan fingerprint density at radius 2 is 1.00 bits per heavy atom. The zero-order valence-corrected chi connectivity index (χ0v) is 8.08. The topological polar surface area (TPSA) is 18.5 Å². The monoisotopic (exact) mass is 248 g/mol. The van der Waals surface area contributed by atoms with E-state index in [1.165, 1.54) is 0 Å². The quantitative estimate of drug-likeness (QED) is 0.699. The second kappa shape index (κ2) is 3.60. The molecule has 1 aliphatic rings. The van der Waals surface area contributed by atoms with Crippen molar-refractivity contribution in [1.82, 2.24) is 0 Å². The summed E-state index contributed by atoms with van der Waals surface area (Å²) in [5.74, 6) is -18.5. The van der Waals surface area contributed by atoms with Gasteiger partial charge in [-0.15, -0.1) is 0 Å². The van der Waals surface area contributed by atoms with Crippen LogP contribution in [0.5, 0.6) is 0 Å². The molecule has 8 heteroatoms. The zero-order chi connectivity index (χ0) is 12.7. The maximum absolute atomic E-state index is 13.0. The Hall–Kier alpha value is -1.34. The first-order chi connectivity index (χ1) is 7.21. The van der Waals surface area contributed by atoms with E-state index in [-0.39, 0.29) is 0 Å². The van der Waals surface area contributed by atoms with Crippen LogP contribution in [0.25, 0.3) is 0 Å². The molecule has 2 nitrogen and oxygen atoms in total. The molecule has 0 atom stereocenters. The average Bonchev–Trinajstić information content (AvgIpc) is 2.21. The largest absolute Gasteiger partial charge is 0.490 e. The van der Waals surface area contributed by atoms with Crippen LogP contribution in [0.4, 0.5) is 26.3 Å². The van der Waals surface area contributed by atoms with Crippen LogP contribution >= 0.6 is 0 Å². The Kier molecular flexibility index (Phi) is 2.86. The predicted molar refractivity (Wildman–Crippen MR) is 40.2 cm³/mol. The molecule has 0 saturated carbocycles. The van der Waals surface area contributed by atoms with Crippen LogP contribution in [0.15, 0.2) is 23.2 Å². The normalized spacial score (nSPS) is 23.5. The number of methoxy groups -OCH3 is 2. The van der Waals surface area contributed by atoms with Crippen molar-refractivity contribution >= 4 is 0 Å². The third kappa shape index (κ3) is 1.35. The van der Waals surface area contributed by atoms with Crippen LogP contribution in [-0.4, -0.2) is 26.1 Å². The van der Waals surface area contributed by atoms with Crippen LogP contribution in [-0.2, 0) is 9.47 Å². The summed E-state index contributed by atoms with van der Waals surface area (Å²) in [6.07, 6.45) is 0. The highest BCUT2D eigenvalue weighted by molar-refractivity contribution is 5.40. The van der Waals surface area contributed by atoms with Gasteiger partial charge in [-0.2, -0.15) is 17.6 Å². The van der Waals surface area contributed by atoms with Gasteiger partial charge >= 0.3 is 11.8 Å². The van der Waals surface area contributed by atoms with Gasteiger partial charge in [0.05, 0.1) is 14.2 Å². The number of hydrogen-bond acceptors (Lipinski definition) is 2. The Bertz CT molecular complexity index is 335. The lowest BCUT2D eigenvalue weighted by Crippen LogP contribution is -2.45. The van der Waals surface area contributed by atoms with Gasteiger partial charge < -0.3 is 9.47 Å². The number of alkyl halides is 4. The van der Waals surface area contributed by atoms with Crippen molar-refractivity contribution in [2.45, 2.75) is 11.8 Å². The van der Waals surface area contributed by atoms with Crippen molar-refractivity contribution in [3.05, 3.63) is 23.2 Å². The summed E-state index contributed by atoms with van der Waals surface area (Å²) in [6.45, 7) is 0. The molecule has 0 radical (unpaired) electrons. The van der Waals surface area contributed by atoms with Crippen molar-refractivity contribution in [1.29, 1.82) is 0 Å². The molecule has 92 valence electrons. The lowest BCUT2D eigenvalue weighted by Gasteiger charge is -2.29. The van der Waals surface area contributed by atoms with E-state index in [9.17, 15) is 26.3 Å². The van der Waals surface area contributed by atoms with Gasteiger partial charge in [-0.25, -0.2) is 8.78 Å². The van der Waals surface area contributed by atoms with Gasteiger partial charge in [-0.05, 0) is 0 Å². The van der Waals surface area contributed by atoms with E-state index < -0.39 is 35.0 Å². The summed E-state index contributed by atoms with van der Waals surface area (Å²) in [5.41, 5.74) is 0. The van der Waals surface area contributed by atoms with Crippen molar-refractivity contribution in [3.8, 4) is 0 Å². The van der Waals surface area contributed by atoms with Crippen LogP contribution in [0.3, 0.4) is 0 Å². The Morgan fingerprint density at radius 1 is 0.750 bits per heavy atom. The number of hydrogen-bond donors (Lipinski definition) is 0. The second-order valence-electron chi connectivity index (χ2n) is 2.84. The first-order valence-corrected chi connectivity index (χ1v) is 3.86. The molecule has 0 spiro atoms. The van der Waals surface area contributed by atoms with Gasteiger partial charge in [0.1, 0.15) is 0 Å². The molecule has 0 saturated heterocycles. The van der Waals surface area contributed by atoms with Gasteiger partial charge in [0, 0.05) is 0 Å². The second-order valence-corrected chi connectivity index (χ2v) is 2.84. The minimum Gasteiger partial charge on any atom is -0.490 e. The fourth-order valence-electron chi connectivity index (χ4n) is 1.12. The van der Waals surface area contributed by atoms with Crippen LogP contribution in [0.2, 0.25) is 0 Å². The SMILES string of the molecule is COC1=C(F)C(F)(F)C(F)(F)C(F)=C1OC. The van der Waals surface area contributed by atoms with Crippen molar-refractivity contribution in [3.63, 3.8) is 0 Å². The summed E-state index contributed by atoms with van der Waals surface area (Å²) >= 11 is 0. The van der Waals surface area contributed by atoms with Gasteiger partial charge in [-0.3, -0.25) is 0 Å². The standard InChI is InChI=1S/C8H6F6O2/c1-15-3-4(16-2)6(10)8(13,14)7(11,12)5(3)9/h1-2H3. The first kappa shape index (κ1) is 12.7. The molecular formula is C8H6F6O2. The van der Waals surface area contributed by atoms with E-state index in [2.05, 4.69) is 9.47 Å². The molecule has 16 heavy (non-hydrogen) atoms. The van der Waals surface area contributed by atoms with E-state index in [1.807, 2.05) is 0 Å². The van der Waals surface area contributed by atoms with Crippen LogP contribution < -0.4 is 0 Å². The predicted octanol–water partition coefficient (Wildman–Crippen LogP) is 2.93. The van der Waals surface area contributed by atoms with Crippen LogP contribution in [0.1, 0.15) is 0 Å². The molecule has 0 aliphatic heterocycles. The van der Waals surface area contributed by atoms with Crippen molar-refractivity contribution in [2.75, 3.05) is 14.2 Å². The highest BCUT2D eigenvalue weighted by Gasteiger charge is 2.68. The Labute approximate surface area is 86.1 Å². The van der Waals surface area contributed by atoms with Crippen LogP contribution in [0, 0.1) is 0 Å². The minimum absolute atomic E-state index is 0.723. The van der Waals surface area contributed by atoms with Gasteiger partial charge in [0.15, 0.2) is 0 Å². The maximum Gasteiger partial charge on any atom is 0.371 e.